The van der Waals surface area contributed by atoms with Gasteiger partial charge in [-0.25, -0.2) is 0 Å². The SMILES string of the molecule is Cc1cc(-c2[nH]c3ccc(C4CCN(C5CCNC(C)C5)CC4)cc3c2C(C)C)ccn1. The summed E-state index contributed by atoms with van der Waals surface area (Å²) in [5.41, 5.74) is 7.77. The van der Waals surface area contributed by atoms with Crippen LogP contribution in [0.5, 0.6) is 0 Å². The molecule has 0 bridgehead atoms. The van der Waals surface area contributed by atoms with E-state index in [-0.39, 0.29) is 0 Å². The fraction of sp³-hybridized carbons (Fsp3) is 0.536. The molecular weight excluding hydrogens is 392 g/mol. The first-order valence-corrected chi connectivity index (χ1v) is 12.6. The Kier molecular flexibility index (Phi) is 6.09. The fourth-order valence-corrected chi connectivity index (χ4v) is 6.05. The van der Waals surface area contributed by atoms with E-state index in [1.807, 2.05) is 6.20 Å². The molecule has 2 atom stereocenters. The van der Waals surface area contributed by atoms with Crippen LogP contribution in [-0.2, 0) is 0 Å². The highest BCUT2D eigenvalue weighted by atomic mass is 15.2. The van der Waals surface area contributed by atoms with Gasteiger partial charge in [-0.15, -0.1) is 0 Å². The first-order chi connectivity index (χ1) is 15.5. The first kappa shape index (κ1) is 21.7. The normalized spacial score (nSPS) is 23.3. The van der Waals surface area contributed by atoms with Crippen molar-refractivity contribution in [1.29, 1.82) is 0 Å². The Morgan fingerprint density at radius 3 is 2.59 bits per heavy atom. The van der Waals surface area contributed by atoms with Crippen molar-refractivity contribution in [2.45, 2.75) is 77.3 Å². The summed E-state index contributed by atoms with van der Waals surface area (Å²) < 4.78 is 0. The number of fused-ring (bicyclic) bond motifs is 1. The molecule has 2 N–H and O–H groups in total. The number of nitrogens with zero attached hydrogens (tertiary/aromatic N) is 2. The summed E-state index contributed by atoms with van der Waals surface area (Å²) in [5.74, 6) is 1.14. The number of aromatic amines is 1. The maximum absolute atomic E-state index is 4.39. The molecule has 1 aromatic carbocycles. The molecule has 0 spiro atoms. The van der Waals surface area contributed by atoms with Gasteiger partial charge in [0.25, 0.3) is 0 Å². The van der Waals surface area contributed by atoms with Crippen molar-refractivity contribution in [2.24, 2.45) is 0 Å². The van der Waals surface area contributed by atoms with Gasteiger partial charge in [0.15, 0.2) is 0 Å². The van der Waals surface area contributed by atoms with Gasteiger partial charge in [0.2, 0.25) is 0 Å². The molecule has 170 valence electrons. The van der Waals surface area contributed by atoms with Gasteiger partial charge in [0.1, 0.15) is 0 Å². The molecule has 0 radical (unpaired) electrons. The molecule has 2 unspecified atom stereocenters. The molecule has 4 heterocycles. The van der Waals surface area contributed by atoms with Gasteiger partial charge in [0, 0.05) is 40.4 Å². The van der Waals surface area contributed by atoms with Crippen molar-refractivity contribution in [1.82, 2.24) is 20.2 Å². The highest BCUT2D eigenvalue weighted by Crippen LogP contribution is 2.38. The lowest BCUT2D eigenvalue weighted by molar-refractivity contribution is 0.115. The Labute approximate surface area is 192 Å². The lowest BCUT2D eigenvalue weighted by atomic mass is 9.86. The summed E-state index contributed by atoms with van der Waals surface area (Å²) in [6.45, 7) is 12.7. The zero-order valence-electron chi connectivity index (χ0n) is 20.1. The van der Waals surface area contributed by atoms with Gasteiger partial charge in [-0.05, 0) is 106 Å². The lowest BCUT2D eigenvalue weighted by Gasteiger charge is -2.41. The van der Waals surface area contributed by atoms with Crippen molar-refractivity contribution in [3.05, 3.63) is 53.3 Å². The number of rotatable bonds is 4. The van der Waals surface area contributed by atoms with Crippen molar-refractivity contribution < 1.29 is 0 Å². The smallest absolute Gasteiger partial charge is 0.0501 e. The van der Waals surface area contributed by atoms with Crippen LogP contribution in [0, 0.1) is 6.92 Å². The number of aromatic nitrogens is 2. The number of H-pyrrole nitrogens is 1. The van der Waals surface area contributed by atoms with Crippen molar-refractivity contribution >= 4 is 10.9 Å². The molecule has 3 aromatic rings. The van der Waals surface area contributed by atoms with Crippen LogP contribution < -0.4 is 5.32 Å². The molecule has 0 aliphatic carbocycles. The third-order valence-corrected chi connectivity index (χ3v) is 7.74. The summed E-state index contributed by atoms with van der Waals surface area (Å²) in [4.78, 5) is 10.9. The van der Waals surface area contributed by atoms with Crippen molar-refractivity contribution in [3.63, 3.8) is 0 Å². The van der Waals surface area contributed by atoms with E-state index in [2.05, 4.69) is 78.2 Å². The minimum absolute atomic E-state index is 0.464. The number of hydrogen-bond donors (Lipinski definition) is 2. The summed E-state index contributed by atoms with van der Waals surface area (Å²) in [6, 6.07) is 12.9. The van der Waals surface area contributed by atoms with Gasteiger partial charge in [-0.3, -0.25) is 4.98 Å². The first-order valence-electron chi connectivity index (χ1n) is 12.6. The van der Waals surface area contributed by atoms with Crippen LogP contribution in [0.25, 0.3) is 22.2 Å². The topological polar surface area (TPSA) is 44.0 Å². The molecular formula is C28H38N4. The van der Waals surface area contributed by atoms with Gasteiger partial charge in [0.05, 0.1) is 5.69 Å². The molecule has 2 aliphatic rings. The summed E-state index contributed by atoms with van der Waals surface area (Å²) in [6.07, 6.45) is 7.08. The lowest BCUT2D eigenvalue weighted by Crippen LogP contribution is -2.49. The zero-order valence-corrected chi connectivity index (χ0v) is 20.1. The monoisotopic (exact) mass is 430 g/mol. The Balaban J connectivity index is 1.39. The summed E-state index contributed by atoms with van der Waals surface area (Å²) >= 11 is 0. The van der Waals surface area contributed by atoms with E-state index in [0.29, 0.717) is 17.9 Å². The van der Waals surface area contributed by atoms with E-state index < -0.39 is 0 Å². The molecule has 4 heteroatoms. The summed E-state index contributed by atoms with van der Waals surface area (Å²) in [7, 11) is 0. The molecule has 2 fully saturated rings. The molecule has 2 aromatic heterocycles. The number of aryl methyl sites for hydroxylation is 1. The predicted molar refractivity (Wildman–Crippen MR) is 134 cm³/mol. The van der Waals surface area contributed by atoms with E-state index >= 15 is 0 Å². The number of hydrogen-bond acceptors (Lipinski definition) is 3. The average Bonchev–Trinajstić information content (AvgIpc) is 3.18. The second-order valence-electron chi connectivity index (χ2n) is 10.4. The number of likely N-dealkylation sites (tertiary alicyclic amines) is 1. The molecule has 0 saturated carbocycles. The van der Waals surface area contributed by atoms with Crippen LogP contribution in [0.2, 0.25) is 0 Å². The molecule has 2 aliphatic heterocycles. The Hall–Kier alpha value is -2.17. The van der Waals surface area contributed by atoms with E-state index in [0.717, 1.165) is 11.7 Å². The predicted octanol–water partition coefficient (Wildman–Crippen LogP) is 5.98. The number of pyridine rings is 1. The van der Waals surface area contributed by atoms with Crippen LogP contribution >= 0.6 is 0 Å². The molecule has 2 saturated heterocycles. The Morgan fingerprint density at radius 1 is 1.06 bits per heavy atom. The third kappa shape index (κ3) is 4.23. The largest absolute Gasteiger partial charge is 0.354 e. The minimum atomic E-state index is 0.464. The third-order valence-electron chi connectivity index (χ3n) is 7.74. The van der Waals surface area contributed by atoms with E-state index in [9.17, 15) is 0 Å². The van der Waals surface area contributed by atoms with Crippen LogP contribution in [0.3, 0.4) is 0 Å². The number of piperidine rings is 2. The highest BCUT2D eigenvalue weighted by molar-refractivity contribution is 5.92. The zero-order chi connectivity index (χ0) is 22.2. The standard InChI is InChI=1S/C28H38N4/c1-18(2)27-25-17-22(5-6-26(25)31-28(27)23-7-11-29-19(3)15-23)21-9-13-32(14-10-21)24-8-12-30-20(4)16-24/h5-7,11,15,17-18,20-21,24,30-31H,8-10,12-14,16H2,1-4H3. The maximum Gasteiger partial charge on any atom is 0.0501 e. The van der Waals surface area contributed by atoms with Crippen molar-refractivity contribution in [3.8, 4) is 11.3 Å². The molecule has 0 amide bonds. The molecule has 4 nitrogen and oxygen atoms in total. The quantitative estimate of drug-likeness (QED) is 0.535. The van der Waals surface area contributed by atoms with E-state index in [1.165, 1.54) is 78.6 Å². The summed E-state index contributed by atoms with van der Waals surface area (Å²) in [5, 5.41) is 5.00. The second-order valence-corrected chi connectivity index (χ2v) is 10.4. The average molecular weight is 431 g/mol. The molecule has 5 rings (SSSR count). The minimum Gasteiger partial charge on any atom is -0.354 e. The van der Waals surface area contributed by atoms with Crippen LogP contribution in [0.1, 0.15) is 75.1 Å². The number of benzene rings is 1. The van der Waals surface area contributed by atoms with Crippen LogP contribution in [0.4, 0.5) is 0 Å². The van der Waals surface area contributed by atoms with Crippen LogP contribution in [-0.4, -0.2) is 46.6 Å². The van der Waals surface area contributed by atoms with E-state index in [4.69, 9.17) is 0 Å². The fourth-order valence-electron chi connectivity index (χ4n) is 6.05. The molecule has 32 heavy (non-hydrogen) atoms. The Morgan fingerprint density at radius 2 is 1.88 bits per heavy atom. The Bertz CT molecular complexity index is 1070. The van der Waals surface area contributed by atoms with Gasteiger partial charge in [-0.1, -0.05) is 19.9 Å². The van der Waals surface area contributed by atoms with Crippen molar-refractivity contribution in [2.75, 3.05) is 19.6 Å². The second kappa shape index (κ2) is 8.99. The van der Waals surface area contributed by atoms with E-state index in [1.54, 1.807) is 0 Å². The maximum atomic E-state index is 4.39. The van der Waals surface area contributed by atoms with Gasteiger partial charge < -0.3 is 15.2 Å². The highest BCUT2D eigenvalue weighted by Gasteiger charge is 2.29. The van der Waals surface area contributed by atoms with Gasteiger partial charge >= 0.3 is 0 Å². The van der Waals surface area contributed by atoms with Crippen LogP contribution in [0.15, 0.2) is 36.5 Å². The van der Waals surface area contributed by atoms with Gasteiger partial charge in [-0.2, -0.15) is 0 Å². The number of nitrogens with one attached hydrogen (secondary N) is 2.